The molecule has 0 aliphatic carbocycles. The molecule has 2 bridgehead atoms. The molecule has 0 amide bonds. The number of halogens is 2. The Morgan fingerprint density at radius 1 is 1.35 bits per heavy atom. The number of benzene rings is 1. The molecule has 3 heterocycles. The summed E-state index contributed by atoms with van der Waals surface area (Å²) in [6, 6.07) is 4.53. The van der Waals surface area contributed by atoms with Gasteiger partial charge in [0.2, 0.25) is 0 Å². The van der Waals surface area contributed by atoms with Crippen LogP contribution in [0, 0.1) is 18.7 Å². The molecule has 20 heavy (non-hydrogen) atoms. The van der Waals surface area contributed by atoms with Crippen LogP contribution in [0.15, 0.2) is 34.7 Å². The van der Waals surface area contributed by atoms with Crippen LogP contribution in [0.5, 0.6) is 0 Å². The van der Waals surface area contributed by atoms with Crippen LogP contribution in [0.1, 0.15) is 25.3 Å². The van der Waals surface area contributed by atoms with Crippen molar-refractivity contribution in [2.24, 2.45) is 5.92 Å². The van der Waals surface area contributed by atoms with Crippen LogP contribution >= 0.6 is 21.7 Å². The predicted octanol–water partition coefficient (Wildman–Crippen LogP) is 5.04. The van der Waals surface area contributed by atoms with Gasteiger partial charge in [0.25, 0.3) is 0 Å². The molecule has 4 heteroatoms. The lowest BCUT2D eigenvalue weighted by molar-refractivity contribution is 0.161. The zero-order chi connectivity index (χ0) is 14.5. The first-order chi connectivity index (χ1) is 9.63. The molecular weight excluding hydrogens is 293 g/mol. The van der Waals surface area contributed by atoms with Gasteiger partial charge in [-0.2, -0.15) is 0 Å². The molecule has 0 radical (unpaired) electrons. The third-order valence-electron chi connectivity index (χ3n) is 4.11. The maximum atomic E-state index is 12.4. The van der Waals surface area contributed by atoms with E-state index in [4.69, 9.17) is 10.7 Å². The first-order valence-electron chi connectivity index (χ1n) is 7.06. The number of aryl methyl sites for hydroxylation is 1. The number of allylic oxidation sites excluding steroid dienone is 1. The highest BCUT2D eigenvalue weighted by atomic mass is 35.7. The lowest BCUT2D eigenvalue weighted by atomic mass is 9.84. The number of nitrogens with zero attached hydrogens (tertiary/aromatic N) is 1. The maximum absolute atomic E-state index is 12.4. The van der Waals surface area contributed by atoms with Crippen LogP contribution in [-0.2, 0) is 0 Å². The van der Waals surface area contributed by atoms with Gasteiger partial charge in [-0.05, 0) is 91.1 Å². The number of hydrogen-bond donors (Lipinski definition) is 0. The van der Waals surface area contributed by atoms with E-state index in [1.807, 2.05) is 6.92 Å². The molecule has 0 unspecified atom stereocenters. The topological polar surface area (TPSA) is 3.24 Å². The monoisotopic (exact) mass is 313 g/mol. The minimum atomic E-state index is -0.216. The van der Waals surface area contributed by atoms with Gasteiger partial charge in [-0.3, -0.25) is 4.90 Å². The van der Waals surface area contributed by atoms with E-state index in [0.717, 1.165) is 27.4 Å². The SMILES string of the molecule is C/C=C1\CN2CCC1CC2.Cc1cc(F)ccc1SCl. The average Bonchev–Trinajstić information content (AvgIpc) is 2.49. The van der Waals surface area contributed by atoms with Crippen LogP contribution in [0.3, 0.4) is 0 Å². The van der Waals surface area contributed by atoms with Crippen molar-refractivity contribution in [2.75, 3.05) is 19.6 Å². The van der Waals surface area contributed by atoms with E-state index in [1.165, 1.54) is 44.6 Å². The van der Waals surface area contributed by atoms with Crippen molar-refractivity contribution < 1.29 is 4.39 Å². The lowest BCUT2D eigenvalue weighted by Crippen LogP contribution is -2.42. The minimum absolute atomic E-state index is 0.216. The van der Waals surface area contributed by atoms with Crippen molar-refractivity contribution in [3.05, 3.63) is 41.2 Å². The first kappa shape index (κ1) is 15.9. The zero-order valence-electron chi connectivity index (χ0n) is 12.0. The Morgan fingerprint density at radius 3 is 2.45 bits per heavy atom. The minimum Gasteiger partial charge on any atom is -0.299 e. The quantitative estimate of drug-likeness (QED) is 0.668. The summed E-state index contributed by atoms with van der Waals surface area (Å²) < 4.78 is 12.4. The van der Waals surface area contributed by atoms with Gasteiger partial charge in [-0.25, -0.2) is 4.39 Å². The third-order valence-corrected chi connectivity index (χ3v) is 5.23. The molecule has 0 N–H and O–H groups in total. The number of piperidine rings is 3. The molecule has 1 aromatic rings. The Labute approximate surface area is 129 Å². The summed E-state index contributed by atoms with van der Waals surface area (Å²) in [7, 11) is 6.59. The van der Waals surface area contributed by atoms with Gasteiger partial charge in [0.1, 0.15) is 5.82 Å². The van der Waals surface area contributed by atoms with Crippen molar-refractivity contribution in [1.82, 2.24) is 4.90 Å². The fourth-order valence-corrected chi connectivity index (χ4v) is 3.70. The summed E-state index contributed by atoms with van der Waals surface area (Å²) in [5.41, 5.74) is 2.57. The van der Waals surface area contributed by atoms with E-state index in [9.17, 15) is 4.39 Å². The predicted molar refractivity (Wildman–Crippen MR) is 85.8 cm³/mol. The Kier molecular flexibility index (Phi) is 5.94. The highest BCUT2D eigenvalue weighted by Gasteiger charge is 2.28. The van der Waals surface area contributed by atoms with Gasteiger partial charge >= 0.3 is 0 Å². The van der Waals surface area contributed by atoms with Crippen LogP contribution in [0.2, 0.25) is 0 Å². The number of hydrogen-bond acceptors (Lipinski definition) is 2. The summed E-state index contributed by atoms with van der Waals surface area (Å²) in [5, 5.41) is 0. The van der Waals surface area contributed by atoms with Crippen molar-refractivity contribution >= 4 is 21.7 Å². The van der Waals surface area contributed by atoms with E-state index in [2.05, 4.69) is 17.9 Å². The largest absolute Gasteiger partial charge is 0.299 e. The van der Waals surface area contributed by atoms with Gasteiger partial charge in [0.05, 0.1) is 0 Å². The summed E-state index contributed by atoms with van der Waals surface area (Å²) in [6.07, 6.45) is 5.15. The number of rotatable bonds is 1. The van der Waals surface area contributed by atoms with Gasteiger partial charge in [0, 0.05) is 11.4 Å². The fraction of sp³-hybridized carbons (Fsp3) is 0.500. The lowest BCUT2D eigenvalue weighted by Gasteiger charge is -2.41. The van der Waals surface area contributed by atoms with E-state index in [-0.39, 0.29) is 5.82 Å². The molecule has 0 atom stereocenters. The molecule has 3 aliphatic rings. The molecule has 0 saturated carbocycles. The van der Waals surface area contributed by atoms with E-state index < -0.39 is 0 Å². The third kappa shape index (κ3) is 4.00. The standard InChI is InChI=1S/C9H15N.C7H6ClFS/c1-2-8-7-10-5-3-9(8)4-6-10;1-5-4-6(9)2-3-7(5)10-8/h2,9H,3-7H2,1H3;2-4H,1H3/b8-2+;. The van der Waals surface area contributed by atoms with Crippen molar-refractivity contribution in [1.29, 1.82) is 0 Å². The summed E-state index contributed by atoms with van der Waals surface area (Å²) in [5.74, 6) is 0.738. The molecule has 1 nitrogen and oxygen atoms in total. The average molecular weight is 314 g/mol. The van der Waals surface area contributed by atoms with E-state index in [1.54, 1.807) is 11.6 Å². The van der Waals surface area contributed by atoms with Crippen LogP contribution < -0.4 is 0 Å². The second kappa shape index (κ2) is 7.48. The van der Waals surface area contributed by atoms with Crippen LogP contribution in [0.25, 0.3) is 0 Å². The normalized spacial score (nSPS) is 26.3. The zero-order valence-corrected chi connectivity index (χ0v) is 13.6. The Balaban J connectivity index is 0.000000147. The fourth-order valence-electron chi connectivity index (χ4n) is 2.88. The van der Waals surface area contributed by atoms with Gasteiger partial charge in [0.15, 0.2) is 0 Å². The molecule has 3 fully saturated rings. The first-order valence-corrected chi connectivity index (χ1v) is 8.70. The van der Waals surface area contributed by atoms with Crippen molar-refractivity contribution in [2.45, 2.75) is 31.6 Å². The maximum Gasteiger partial charge on any atom is 0.123 e. The van der Waals surface area contributed by atoms with Gasteiger partial charge < -0.3 is 0 Å². The molecule has 3 aliphatic heterocycles. The van der Waals surface area contributed by atoms with E-state index >= 15 is 0 Å². The molecule has 0 aromatic heterocycles. The highest BCUT2D eigenvalue weighted by molar-refractivity contribution is 8.21. The van der Waals surface area contributed by atoms with Gasteiger partial charge in [-0.15, -0.1) is 0 Å². The Hall–Kier alpha value is -0.510. The van der Waals surface area contributed by atoms with Crippen LogP contribution in [0.4, 0.5) is 4.39 Å². The number of fused-ring (bicyclic) bond motifs is 3. The molecular formula is C16H21ClFNS. The summed E-state index contributed by atoms with van der Waals surface area (Å²) >= 11 is 0. The molecule has 0 spiro atoms. The van der Waals surface area contributed by atoms with Gasteiger partial charge in [-0.1, -0.05) is 11.6 Å². The van der Waals surface area contributed by atoms with Crippen molar-refractivity contribution in [3.8, 4) is 0 Å². The molecule has 110 valence electrons. The van der Waals surface area contributed by atoms with Crippen molar-refractivity contribution in [3.63, 3.8) is 0 Å². The summed E-state index contributed by atoms with van der Waals surface area (Å²) in [4.78, 5) is 3.47. The smallest absolute Gasteiger partial charge is 0.123 e. The molecule has 4 rings (SSSR count). The second-order valence-electron chi connectivity index (χ2n) is 5.40. The highest BCUT2D eigenvalue weighted by Crippen LogP contribution is 2.31. The second-order valence-corrected chi connectivity index (χ2v) is 6.46. The molecule has 3 saturated heterocycles. The van der Waals surface area contributed by atoms with Crippen LogP contribution in [-0.4, -0.2) is 24.5 Å². The molecule has 1 aromatic carbocycles. The summed E-state index contributed by atoms with van der Waals surface area (Å²) in [6.45, 7) is 7.97. The Morgan fingerprint density at radius 2 is 2.05 bits per heavy atom. The Bertz CT molecular complexity index is 481. The van der Waals surface area contributed by atoms with E-state index in [0.29, 0.717) is 0 Å².